The summed E-state index contributed by atoms with van der Waals surface area (Å²) in [4.78, 5) is 0. The van der Waals surface area contributed by atoms with Crippen molar-refractivity contribution in [1.29, 1.82) is 0 Å². The summed E-state index contributed by atoms with van der Waals surface area (Å²) in [6.45, 7) is 13.4. The molecule has 0 unspecified atom stereocenters. The third-order valence-corrected chi connectivity index (χ3v) is 6.12. The van der Waals surface area contributed by atoms with E-state index in [1.165, 1.54) is 0 Å². The van der Waals surface area contributed by atoms with Gasteiger partial charge in [-0.3, -0.25) is 0 Å². The Balaban J connectivity index is 2.03. The first kappa shape index (κ1) is 23.6. The van der Waals surface area contributed by atoms with Crippen molar-refractivity contribution in [3.63, 3.8) is 0 Å². The molecule has 5 heteroatoms. The van der Waals surface area contributed by atoms with Crippen molar-refractivity contribution >= 4 is 22.6 Å². The maximum atomic E-state index is 6.37. The van der Waals surface area contributed by atoms with Gasteiger partial charge in [0.1, 0.15) is 5.75 Å². The van der Waals surface area contributed by atoms with Gasteiger partial charge in [0.05, 0.1) is 32.0 Å². The summed E-state index contributed by atoms with van der Waals surface area (Å²) in [5, 5.41) is 0. The number of rotatable bonds is 8. The Labute approximate surface area is 184 Å². The number of hydrogen-bond donors (Lipinski definition) is 0. The first-order valence-electron chi connectivity index (χ1n) is 10.1. The monoisotopic (exact) mass is 502 g/mol. The maximum absolute atomic E-state index is 6.37. The van der Waals surface area contributed by atoms with Crippen LogP contribution in [0.5, 0.6) is 5.75 Å². The average molecular weight is 502 g/mol. The molecule has 0 spiro atoms. The second-order valence-corrected chi connectivity index (χ2v) is 9.04. The Morgan fingerprint density at radius 2 is 1.71 bits per heavy atom. The van der Waals surface area contributed by atoms with Crippen LogP contribution in [-0.4, -0.2) is 31.2 Å². The van der Waals surface area contributed by atoms with Crippen LogP contribution >= 0.6 is 22.6 Å². The van der Waals surface area contributed by atoms with Gasteiger partial charge in [0, 0.05) is 17.8 Å². The van der Waals surface area contributed by atoms with E-state index in [2.05, 4.69) is 60.4 Å². The van der Waals surface area contributed by atoms with Crippen molar-refractivity contribution < 1.29 is 18.9 Å². The van der Waals surface area contributed by atoms with Crippen LogP contribution in [0.4, 0.5) is 0 Å². The summed E-state index contributed by atoms with van der Waals surface area (Å²) in [7, 11) is 1.68. The Morgan fingerprint density at radius 3 is 2.29 bits per heavy atom. The Kier molecular flexibility index (Phi) is 8.80. The highest BCUT2D eigenvalue weighted by atomic mass is 127. The highest BCUT2D eigenvalue weighted by Crippen LogP contribution is 2.39. The van der Waals surface area contributed by atoms with Crippen molar-refractivity contribution in [3.05, 3.63) is 40.0 Å². The molecule has 0 radical (unpaired) electrons. The minimum absolute atomic E-state index is 0.0690. The summed E-state index contributed by atoms with van der Waals surface area (Å²) < 4.78 is 26.1. The third-order valence-electron chi connectivity index (χ3n) is 5.70. The summed E-state index contributed by atoms with van der Waals surface area (Å²) in [6, 6.07) is 8.01. The summed E-state index contributed by atoms with van der Waals surface area (Å²) in [5.74, 6) is 1.12. The lowest BCUT2D eigenvalue weighted by Gasteiger charge is -2.49. The van der Waals surface area contributed by atoms with Crippen molar-refractivity contribution in [2.24, 2.45) is 17.8 Å². The normalized spacial score (nSPS) is 28.1. The van der Waals surface area contributed by atoms with Crippen molar-refractivity contribution in [3.8, 4) is 5.75 Å². The average Bonchev–Trinajstić information content (AvgIpc) is 2.67. The van der Waals surface area contributed by atoms with Gasteiger partial charge in [-0.05, 0) is 42.6 Å². The molecule has 0 bridgehead atoms. The topological polar surface area (TPSA) is 36.9 Å². The molecule has 0 aliphatic carbocycles. The number of halogens is 1. The van der Waals surface area contributed by atoms with Crippen LogP contribution in [0.15, 0.2) is 34.4 Å². The predicted molar refractivity (Wildman–Crippen MR) is 122 cm³/mol. The number of hydrogen-bond acceptors (Lipinski definition) is 4. The largest absolute Gasteiger partial charge is 0.497 e. The van der Waals surface area contributed by atoms with E-state index in [4.69, 9.17) is 18.9 Å². The summed E-state index contributed by atoms with van der Waals surface area (Å²) in [5.41, 5.74) is 1.14. The van der Waals surface area contributed by atoms with Gasteiger partial charge in [-0.2, -0.15) is 0 Å². The zero-order valence-electron chi connectivity index (χ0n) is 18.1. The van der Waals surface area contributed by atoms with E-state index in [9.17, 15) is 0 Å². The molecule has 6 atom stereocenters. The second-order valence-electron chi connectivity index (χ2n) is 8.32. The summed E-state index contributed by atoms with van der Waals surface area (Å²) >= 11 is 2.27. The van der Waals surface area contributed by atoms with Crippen LogP contribution in [0.2, 0.25) is 0 Å². The molecule has 1 aromatic rings. The van der Waals surface area contributed by atoms with Crippen molar-refractivity contribution in [2.75, 3.05) is 7.11 Å². The smallest absolute Gasteiger partial charge is 0.163 e. The highest BCUT2D eigenvalue weighted by Gasteiger charge is 2.45. The molecule has 1 fully saturated rings. The Bertz CT molecular complexity index is 628. The van der Waals surface area contributed by atoms with Crippen molar-refractivity contribution in [2.45, 2.75) is 72.2 Å². The van der Waals surface area contributed by atoms with Crippen LogP contribution in [0.1, 0.15) is 47.1 Å². The lowest BCUT2D eigenvalue weighted by molar-refractivity contribution is -0.335. The quantitative estimate of drug-likeness (QED) is 0.410. The molecule has 1 aliphatic rings. The lowest BCUT2D eigenvalue weighted by Crippen LogP contribution is -2.55. The zero-order chi connectivity index (χ0) is 20.9. The molecule has 0 N–H and O–H groups in total. The molecule has 0 amide bonds. The van der Waals surface area contributed by atoms with Gasteiger partial charge >= 0.3 is 0 Å². The fraction of sp³-hybridized carbons (Fsp3) is 0.652. The number of ether oxygens (including phenoxy) is 4. The van der Waals surface area contributed by atoms with Gasteiger partial charge in [-0.25, -0.2) is 0 Å². The predicted octanol–water partition coefficient (Wildman–Crippen LogP) is 5.98. The third kappa shape index (κ3) is 6.18. The first-order valence-corrected chi connectivity index (χ1v) is 11.3. The van der Waals surface area contributed by atoms with E-state index < -0.39 is 5.79 Å². The number of methoxy groups -OCH3 is 1. The molecule has 158 valence electrons. The van der Waals surface area contributed by atoms with Gasteiger partial charge < -0.3 is 18.9 Å². The molecule has 0 saturated carbocycles. The van der Waals surface area contributed by atoms with E-state index in [0.717, 1.165) is 11.3 Å². The minimum atomic E-state index is -0.598. The zero-order valence-corrected chi connectivity index (χ0v) is 20.3. The van der Waals surface area contributed by atoms with Gasteiger partial charge in [-0.15, -0.1) is 0 Å². The van der Waals surface area contributed by atoms with Crippen LogP contribution in [0.3, 0.4) is 0 Å². The van der Waals surface area contributed by atoms with Crippen LogP contribution in [0.25, 0.3) is 0 Å². The fourth-order valence-electron chi connectivity index (χ4n) is 3.85. The molecular formula is C23H35IO4. The van der Waals surface area contributed by atoms with E-state index >= 15 is 0 Å². The molecule has 1 aliphatic heterocycles. The van der Waals surface area contributed by atoms with Gasteiger partial charge in [0.25, 0.3) is 0 Å². The van der Waals surface area contributed by atoms with Crippen LogP contribution < -0.4 is 4.74 Å². The van der Waals surface area contributed by atoms with Crippen LogP contribution in [-0.2, 0) is 20.8 Å². The molecule has 28 heavy (non-hydrogen) atoms. The summed E-state index contributed by atoms with van der Waals surface area (Å²) in [6.07, 6.45) is 2.47. The number of benzene rings is 1. The van der Waals surface area contributed by atoms with Gasteiger partial charge in [-0.1, -0.05) is 61.6 Å². The lowest BCUT2D eigenvalue weighted by atomic mass is 9.81. The SMILES string of the molecule is COc1ccc(CO[C@H](C)[C@@H](C)[C@@H]2OC(C)(C)O[C@@H]([C@@H](C)/C=C/I)[C@H]2C)cc1. The second kappa shape index (κ2) is 10.4. The maximum Gasteiger partial charge on any atom is 0.163 e. The Hall–Kier alpha value is -0.630. The van der Waals surface area contributed by atoms with E-state index in [-0.39, 0.29) is 30.1 Å². The van der Waals surface area contributed by atoms with E-state index in [0.29, 0.717) is 12.5 Å². The van der Waals surface area contributed by atoms with Crippen molar-refractivity contribution in [1.82, 2.24) is 0 Å². The van der Waals surface area contributed by atoms with Gasteiger partial charge in [0.15, 0.2) is 5.79 Å². The first-order chi connectivity index (χ1) is 13.2. The van der Waals surface area contributed by atoms with E-state index in [1.807, 2.05) is 38.1 Å². The molecule has 4 nitrogen and oxygen atoms in total. The highest BCUT2D eigenvalue weighted by molar-refractivity contribution is 14.1. The van der Waals surface area contributed by atoms with Gasteiger partial charge in [0.2, 0.25) is 0 Å². The van der Waals surface area contributed by atoms with Crippen LogP contribution in [0, 0.1) is 17.8 Å². The fourth-order valence-corrected chi connectivity index (χ4v) is 4.50. The molecular weight excluding hydrogens is 467 g/mol. The molecule has 1 heterocycles. The minimum Gasteiger partial charge on any atom is -0.497 e. The molecule has 1 aromatic carbocycles. The Morgan fingerprint density at radius 1 is 1.11 bits per heavy atom. The molecule has 1 saturated heterocycles. The molecule has 2 rings (SSSR count). The molecule has 0 aromatic heterocycles. The standard InChI is InChI=1S/C23H35IO4/c1-15(12-13-24)21-17(3)22(28-23(5,6)27-21)16(2)18(4)26-14-19-8-10-20(25-7)11-9-19/h8-13,15-18,21-22H,14H2,1-7H3/b13-12+/t15-,16+,17+,18+,21-,22-/m0/s1. The van der Waals surface area contributed by atoms with E-state index in [1.54, 1.807) is 7.11 Å².